The van der Waals surface area contributed by atoms with Gasteiger partial charge in [-0.1, -0.05) is 23.7 Å². The number of piperidine rings is 1. The molecule has 1 aromatic heterocycles. The molecule has 7 heteroatoms. The fourth-order valence-corrected chi connectivity index (χ4v) is 5.36. The minimum atomic E-state index is -0.0356. The summed E-state index contributed by atoms with van der Waals surface area (Å²) in [5, 5.41) is 1.42. The molecular formula is C22H21ClN2O3S. The Hall–Kier alpha value is -2.31. The SMILES string of the molecule is O=C(c1cc(Cl)c2c(c1)OCCCO2)N1CCCC[C@@H]1c1nc2ccccc2s1. The number of rotatable bonds is 2. The molecule has 0 unspecified atom stereocenters. The Morgan fingerprint density at radius 3 is 2.90 bits per heavy atom. The quantitative estimate of drug-likeness (QED) is 0.542. The van der Waals surface area contributed by atoms with Crippen LogP contribution in [0, 0.1) is 0 Å². The molecule has 1 saturated heterocycles. The van der Waals surface area contributed by atoms with E-state index in [9.17, 15) is 4.79 Å². The third-order valence-electron chi connectivity index (χ3n) is 5.41. The van der Waals surface area contributed by atoms with Crippen molar-refractivity contribution in [3.8, 4) is 11.5 Å². The van der Waals surface area contributed by atoms with E-state index in [0.29, 0.717) is 41.8 Å². The maximum atomic E-state index is 13.5. The van der Waals surface area contributed by atoms with Crippen molar-refractivity contribution in [1.29, 1.82) is 0 Å². The van der Waals surface area contributed by atoms with E-state index in [-0.39, 0.29) is 11.9 Å². The number of thiazole rings is 1. The number of carbonyl (C=O) groups is 1. The minimum absolute atomic E-state index is 0.0107. The van der Waals surface area contributed by atoms with Crippen LogP contribution in [0.3, 0.4) is 0 Å². The van der Waals surface area contributed by atoms with Crippen molar-refractivity contribution in [3.63, 3.8) is 0 Å². The first kappa shape index (κ1) is 18.7. The van der Waals surface area contributed by atoms with Gasteiger partial charge < -0.3 is 14.4 Å². The van der Waals surface area contributed by atoms with Crippen molar-refractivity contribution < 1.29 is 14.3 Å². The second-order valence-electron chi connectivity index (χ2n) is 7.37. The van der Waals surface area contributed by atoms with E-state index < -0.39 is 0 Å². The summed E-state index contributed by atoms with van der Waals surface area (Å²) in [6.45, 7) is 1.83. The summed E-state index contributed by atoms with van der Waals surface area (Å²) in [4.78, 5) is 20.2. The fraction of sp³-hybridized carbons (Fsp3) is 0.364. The van der Waals surface area contributed by atoms with Gasteiger partial charge in [-0.3, -0.25) is 4.79 Å². The minimum Gasteiger partial charge on any atom is -0.489 e. The molecule has 150 valence electrons. The molecule has 2 aromatic carbocycles. The molecule has 1 amide bonds. The molecule has 3 aromatic rings. The predicted octanol–water partition coefficient (Wildman–Crippen LogP) is 5.48. The van der Waals surface area contributed by atoms with E-state index in [0.717, 1.165) is 40.9 Å². The van der Waals surface area contributed by atoms with E-state index in [2.05, 4.69) is 6.07 Å². The largest absolute Gasteiger partial charge is 0.489 e. The molecule has 0 radical (unpaired) electrons. The zero-order valence-electron chi connectivity index (χ0n) is 15.9. The fourth-order valence-electron chi connectivity index (χ4n) is 3.98. The van der Waals surface area contributed by atoms with Crippen LogP contribution >= 0.6 is 22.9 Å². The predicted molar refractivity (Wildman–Crippen MR) is 114 cm³/mol. The number of benzene rings is 2. The summed E-state index contributed by atoms with van der Waals surface area (Å²) in [6, 6.07) is 11.6. The average Bonchev–Trinajstić information content (AvgIpc) is 3.03. The molecule has 1 atom stereocenters. The highest BCUT2D eigenvalue weighted by Gasteiger charge is 2.32. The third kappa shape index (κ3) is 3.55. The van der Waals surface area contributed by atoms with E-state index in [1.165, 1.54) is 0 Å². The Labute approximate surface area is 178 Å². The summed E-state index contributed by atoms with van der Waals surface area (Å²) in [7, 11) is 0. The van der Waals surface area contributed by atoms with Gasteiger partial charge >= 0.3 is 0 Å². The first-order valence-electron chi connectivity index (χ1n) is 9.96. The number of hydrogen-bond acceptors (Lipinski definition) is 5. The smallest absolute Gasteiger partial charge is 0.254 e. The van der Waals surface area contributed by atoms with Crippen LogP contribution in [0.5, 0.6) is 11.5 Å². The molecule has 5 nitrogen and oxygen atoms in total. The maximum absolute atomic E-state index is 13.5. The van der Waals surface area contributed by atoms with Gasteiger partial charge in [-0.2, -0.15) is 0 Å². The zero-order chi connectivity index (χ0) is 19.8. The molecule has 2 aliphatic heterocycles. The number of hydrogen-bond donors (Lipinski definition) is 0. The number of amides is 1. The number of nitrogens with zero attached hydrogens (tertiary/aromatic N) is 2. The van der Waals surface area contributed by atoms with Crippen LogP contribution in [-0.4, -0.2) is 35.5 Å². The van der Waals surface area contributed by atoms with Crippen LogP contribution < -0.4 is 9.47 Å². The van der Waals surface area contributed by atoms with Gasteiger partial charge in [0.15, 0.2) is 11.5 Å². The van der Waals surface area contributed by atoms with Gasteiger partial charge in [0.25, 0.3) is 5.91 Å². The lowest BCUT2D eigenvalue weighted by molar-refractivity contribution is 0.0611. The number of para-hydroxylation sites is 1. The van der Waals surface area contributed by atoms with E-state index in [4.69, 9.17) is 26.1 Å². The lowest BCUT2D eigenvalue weighted by Crippen LogP contribution is -2.38. The third-order valence-corrected chi connectivity index (χ3v) is 6.83. The monoisotopic (exact) mass is 428 g/mol. The van der Waals surface area contributed by atoms with Crippen LogP contribution in [0.25, 0.3) is 10.2 Å². The number of carbonyl (C=O) groups excluding carboxylic acids is 1. The summed E-state index contributed by atoms with van der Waals surface area (Å²) in [6.07, 6.45) is 3.79. The van der Waals surface area contributed by atoms with Crippen molar-refractivity contribution >= 4 is 39.1 Å². The van der Waals surface area contributed by atoms with Gasteiger partial charge in [0.1, 0.15) is 5.01 Å². The topological polar surface area (TPSA) is 51.7 Å². The molecule has 0 spiro atoms. The lowest BCUT2D eigenvalue weighted by atomic mass is 10.0. The first-order chi connectivity index (χ1) is 14.2. The number of halogens is 1. The van der Waals surface area contributed by atoms with Gasteiger partial charge in [0.05, 0.1) is 34.5 Å². The zero-order valence-corrected chi connectivity index (χ0v) is 17.5. The average molecular weight is 429 g/mol. The highest BCUT2D eigenvalue weighted by atomic mass is 35.5. The molecule has 3 heterocycles. The summed E-state index contributed by atoms with van der Waals surface area (Å²) < 4.78 is 12.6. The second kappa shape index (κ2) is 7.84. The highest BCUT2D eigenvalue weighted by Crippen LogP contribution is 2.40. The molecule has 0 bridgehead atoms. The highest BCUT2D eigenvalue weighted by molar-refractivity contribution is 7.18. The van der Waals surface area contributed by atoms with Gasteiger partial charge in [-0.05, 0) is 43.5 Å². The summed E-state index contributed by atoms with van der Waals surface area (Å²) in [5.74, 6) is 1.04. The van der Waals surface area contributed by atoms with Crippen LogP contribution in [-0.2, 0) is 0 Å². The van der Waals surface area contributed by atoms with Gasteiger partial charge in [-0.25, -0.2) is 4.98 Å². The number of likely N-dealkylation sites (tertiary alicyclic amines) is 1. The van der Waals surface area contributed by atoms with E-state index in [1.807, 2.05) is 23.1 Å². The van der Waals surface area contributed by atoms with Gasteiger partial charge in [0, 0.05) is 18.5 Å². The first-order valence-corrected chi connectivity index (χ1v) is 11.2. The molecular weight excluding hydrogens is 408 g/mol. The van der Waals surface area contributed by atoms with Crippen LogP contribution in [0.1, 0.15) is 47.1 Å². The van der Waals surface area contributed by atoms with Gasteiger partial charge in [0.2, 0.25) is 0 Å². The van der Waals surface area contributed by atoms with Crippen molar-refractivity contribution in [1.82, 2.24) is 9.88 Å². The van der Waals surface area contributed by atoms with Crippen molar-refractivity contribution in [2.24, 2.45) is 0 Å². The second-order valence-corrected chi connectivity index (χ2v) is 8.84. The van der Waals surface area contributed by atoms with Crippen molar-refractivity contribution in [2.45, 2.75) is 31.7 Å². The van der Waals surface area contributed by atoms with Crippen LogP contribution in [0.4, 0.5) is 0 Å². The molecule has 29 heavy (non-hydrogen) atoms. The van der Waals surface area contributed by atoms with Crippen LogP contribution in [0.2, 0.25) is 5.02 Å². The summed E-state index contributed by atoms with van der Waals surface area (Å²) >= 11 is 8.10. The normalized spacial score (nSPS) is 19.2. The van der Waals surface area contributed by atoms with E-state index >= 15 is 0 Å². The molecule has 0 saturated carbocycles. The Balaban J connectivity index is 1.49. The van der Waals surface area contributed by atoms with Crippen LogP contribution in [0.15, 0.2) is 36.4 Å². The molecule has 0 N–H and O–H groups in total. The van der Waals surface area contributed by atoms with E-state index in [1.54, 1.807) is 23.5 Å². The molecule has 1 fully saturated rings. The number of aromatic nitrogens is 1. The molecule has 0 aliphatic carbocycles. The maximum Gasteiger partial charge on any atom is 0.254 e. The summed E-state index contributed by atoms with van der Waals surface area (Å²) in [5.41, 5.74) is 1.52. The Morgan fingerprint density at radius 2 is 2.00 bits per heavy atom. The number of ether oxygens (including phenoxy) is 2. The number of fused-ring (bicyclic) bond motifs is 2. The standard InChI is InChI=1S/C22H21ClN2O3S/c23-15-12-14(13-18-20(15)28-11-5-10-27-18)22(26)25-9-4-3-7-17(25)21-24-16-6-1-2-8-19(16)29-21/h1-2,6,8,12-13,17H,3-5,7,9-11H2/t17-/m1/s1. The Kier molecular flexibility index (Phi) is 5.06. The Bertz CT molecular complexity index is 1030. The lowest BCUT2D eigenvalue weighted by Gasteiger charge is -2.34. The van der Waals surface area contributed by atoms with Gasteiger partial charge in [-0.15, -0.1) is 11.3 Å². The molecule has 2 aliphatic rings. The molecule has 5 rings (SSSR count). The Morgan fingerprint density at radius 1 is 1.14 bits per heavy atom. The van der Waals surface area contributed by atoms with Crippen molar-refractivity contribution in [2.75, 3.05) is 19.8 Å². The van der Waals surface area contributed by atoms with Crippen molar-refractivity contribution in [3.05, 3.63) is 52.0 Å².